The van der Waals surface area contributed by atoms with Gasteiger partial charge in [-0.15, -0.1) is 0 Å². The Morgan fingerprint density at radius 2 is 1.45 bits per heavy atom. The van der Waals surface area contributed by atoms with Crippen LogP contribution in [0.5, 0.6) is 23.0 Å². The van der Waals surface area contributed by atoms with E-state index < -0.39 is 0 Å². The highest BCUT2D eigenvalue weighted by atomic mass is 16.5. The van der Waals surface area contributed by atoms with Gasteiger partial charge in [0.15, 0.2) is 11.5 Å². The Morgan fingerprint density at radius 3 is 2.09 bits per heavy atom. The van der Waals surface area contributed by atoms with Gasteiger partial charge in [0.05, 0.1) is 28.4 Å². The molecule has 1 radical (unpaired) electrons. The third-order valence-corrected chi connectivity index (χ3v) is 3.45. The summed E-state index contributed by atoms with van der Waals surface area (Å²) in [5, 5.41) is 0. The van der Waals surface area contributed by atoms with Crippen molar-refractivity contribution in [2.24, 2.45) is 0 Å². The molecule has 22 heavy (non-hydrogen) atoms. The lowest BCUT2D eigenvalue weighted by molar-refractivity contribution is 0.354. The van der Waals surface area contributed by atoms with Gasteiger partial charge in [-0.2, -0.15) is 0 Å². The quantitative estimate of drug-likeness (QED) is 0.784. The topological polar surface area (TPSA) is 36.9 Å². The molecule has 117 valence electrons. The van der Waals surface area contributed by atoms with Gasteiger partial charge in [-0.25, -0.2) is 0 Å². The maximum Gasteiger partial charge on any atom is 0.160 e. The summed E-state index contributed by atoms with van der Waals surface area (Å²) >= 11 is 0. The van der Waals surface area contributed by atoms with E-state index in [0.29, 0.717) is 0 Å². The van der Waals surface area contributed by atoms with Crippen LogP contribution in [0.15, 0.2) is 36.4 Å². The van der Waals surface area contributed by atoms with E-state index in [1.807, 2.05) is 36.4 Å². The number of rotatable bonds is 7. The van der Waals surface area contributed by atoms with E-state index in [1.165, 1.54) is 0 Å². The SMILES string of the molecule is COc1ccc([CH]Cc2ccc(OC)c(OC)c2)c(OC)c1. The van der Waals surface area contributed by atoms with E-state index in [0.717, 1.165) is 40.5 Å². The summed E-state index contributed by atoms with van der Waals surface area (Å²) in [5.41, 5.74) is 2.16. The molecule has 2 aromatic rings. The highest BCUT2D eigenvalue weighted by molar-refractivity contribution is 5.47. The number of methoxy groups -OCH3 is 4. The maximum atomic E-state index is 5.40. The minimum absolute atomic E-state index is 0.730. The van der Waals surface area contributed by atoms with Crippen molar-refractivity contribution in [2.75, 3.05) is 28.4 Å². The molecule has 0 saturated heterocycles. The van der Waals surface area contributed by atoms with Gasteiger partial charge in [0, 0.05) is 6.07 Å². The van der Waals surface area contributed by atoms with Gasteiger partial charge in [0.1, 0.15) is 11.5 Å². The average Bonchev–Trinajstić information content (AvgIpc) is 2.59. The molecule has 0 spiro atoms. The Hall–Kier alpha value is -2.36. The predicted molar refractivity (Wildman–Crippen MR) is 86.2 cm³/mol. The first-order valence-electron chi connectivity index (χ1n) is 6.98. The van der Waals surface area contributed by atoms with Crippen LogP contribution >= 0.6 is 0 Å². The van der Waals surface area contributed by atoms with E-state index in [-0.39, 0.29) is 0 Å². The van der Waals surface area contributed by atoms with Crippen LogP contribution in [-0.2, 0) is 6.42 Å². The van der Waals surface area contributed by atoms with E-state index in [2.05, 4.69) is 6.42 Å². The first kappa shape index (κ1) is 16.0. The van der Waals surface area contributed by atoms with Crippen LogP contribution in [0.2, 0.25) is 0 Å². The van der Waals surface area contributed by atoms with Gasteiger partial charge < -0.3 is 18.9 Å². The van der Waals surface area contributed by atoms with Crippen molar-refractivity contribution in [2.45, 2.75) is 6.42 Å². The molecule has 2 rings (SSSR count). The minimum Gasteiger partial charge on any atom is -0.497 e. The number of ether oxygens (including phenoxy) is 4. The summed E-state index contributed by atoms with van der Waals surface area (Å²) < 4.78 is 21.2. The number of hydrogen-bond acceptors (Lipinski definition) is 4. The molecular formula is C18H21O4. The third kappa shape index (κ3) is 3.64. The van der Waals surface area contributed by atoms with Gasteiger partial charge in [0.2, 0.25) is 0 Å². The van der Waals surface area contributed by atoms with Crippen molar-refractivity contribution >= 4 is 0 Å². The van der Waals surface area contributed by atoms with Crippen LogP contribution in [0.3, 0.4) is 0 Å². The lowest BCUT2D eigenvalue weighted by Crippen LogP contribution is -1.96. The largest absolute Gasteiger partial charge is 0.497 e. The van der Waals surface area contributed by atoms with Gasteiger partial charge in [-0.1, -0.05) is 12.1 Å². The molecule has 0 aliphatic carbocycles. The summed E-state index contributed by atoms with van der Waals surface area (Å²) in [6.45, 7) is 0. The average molecular weight is 301 g/mol. The van der Waals surface area contributed by atoms with Crippen molar-refractivity contribution < 1.29 is 18.9 Å². The lowest BCUT2D eigenvalue weighted by atomic mass is 10.0. The second-order valence-corrected chi connectivity index (χ2v) is 4.71. The Morgan fingerprint density at radius 1 is 0.727 bits per heavy atom. The van der Waals surface area contributed by atoms with Crippen LogP contribution < -0.4 is 18.9 Å². The second-order valence-electron chi connectivity index (χ2n) is 4.71. The number of benzene rings is 2. The van der Waals surface area contributed by atoms with E-state index in [9.17, 15) is 0 Å². The van der Waals surface area contributed by atoms with Crippen LogP contribution in [0.4, 0.5) is 0 Å². The van der Waals surface area contributed by atoms with Crippen molar-refractivity contribution in [1.82, 2.24) is 0 Å². The molecule has 2 aromatic carbocycles. The summed E-state index contributed by atoms with van der Waals surface area (Å²) in [4.78, 5) is 0. The first-order valence-corrected chi connectivity index (χ1v) is 6.98. The van der Waals surface area contributed by atoms with Crippen molar-refractivity contribution in [3.05, 3.63) is 53.9 Å². The third-order valence-electron chi connectivity index (χ3n) is 3.45. The van der Waals surface area contributed by atoms with Gasteiger partial charge in [0.25, 0.3) is 0 Å². The van der Waals surface area contributed by atoms with Gasteiger partial charge in [-0.05, 0) is 42.2 Å². The zero-order chi connectivity index (χ0) is 15.9. The van der Waals surface area contributed by atoms with Crippen molar-refractivity contribution in [3.8, 4) is 23.0 Å². The Balaban J connectivity index is 2.13. The van der Waals surface area contributed by atoms with E-state index >= 15 is 0 Å². The zero-order valence-corrected chi connectivity index (χ0v) is 13.4. The Labute approximate surface area is 131 Å². The van der Waals surface area contributed by atoms with Gasteiger partial charge in [-0.3, -0.25) is 0 Å². The first-order chi connectivity index (χ1) is 10.7. The molecule has 0 unspecified atom stereocenters. The molecule has 0 aliphatic rings. The molecule has 0 saturated carbocycles. The molecule has 0 amide bonds. The van der Waals surface area contributed by atoms with Crippen molar-refractivity contribution in [1.29, 1.82) is 0 Å². The van der Waals surface area contributed by atoms with E-state index in [1.54, 1.807) is 28.4 Å². The fourth-order valence-corrected chi connectivity index (χ4v) is 2.22. The van der Waals surface area contributed by atoms with Crippen LogP contribution in [0.1, 0.15) is 11.1 Å². The van der Waals surface area contributed by atoms with E-state index in [4.69, 9.17) is 18.9 Å². The second kappa shape index (κ2) is 7.59. The smallest absolute Gasteiger partial charge is 0.160 e. The predicted octanol–water partition coefficient (Wildman–Crippen LogP) is 3.52. The molecule has 0 N–H and O–H groups in total. The van der Waals surface area contributed by atoms with Crippen LogP contribution in [0, 0.1) is 6.42 Å². The molecule has 0 bridgehead atoms. The molecular weight excluding hydrogens is 280 g/mol. The molecule has 0 heterocycles. The van der Waals surface area contributed by atoms with Crippen LogP contribution in [0.25, 0.3) is 0 Å². The summed E-state index contributed by atoms with van der Waals surface area (Å²) in [7, 11) is 6.56. The molecule has 0 aliphatic heterocycles. The summed E-state index contributed by atoms with van der Waals surface area (Å²) in [6, 6.07) is 11.7. The zero-order valence-electron chi connectivity index (χ0n) is 13.4. The Bertz CT molecular complexity index is 622. The molecule has 0 fully saturated rings. The minimum atomic E-state index is 0.730. The summed E-state index contributed by atoms with van der Waals surface area (Å²) in [5.74, 6) is 3.03. The maximum absolute atomic E-state index is 5.40. The molecule has 0 atom stereocenters. The normalized spacial score (nSPS) is 10.2. The van der Waals surface area contributed by atoms with Gasteiger partial charge >= 0.3 is 0 Å². The molecule has 0 aromatic heterocycles. The lowest BCUT2D eigenvalue weighted by Gasteiger charge is -2.12. The Kier molecular flexibility index (Phi) is 5.53. The highest BCUT2D eigenvalue weighted by Crippen LogP contribution is 2.30. The fraction of sp³-hybridized carbons (Fsp3) is 0.278. The standard InChI is InChI=1S/C18H21O4/c1-19-15-9-8-14(17(12-15)21-3)7-5-13-6-10-16(20-2)18(11-13)22-4/h6-12H,5H2,1-4H3. The number of hydrogen-bond donors (Lipinski definition) is 0. The molecule has 4 heteroatoms. The molecule has 4 nitrogen and oxygen atoms in total. The van der Waals surface area contributed by atoms with Crippen molar-refractivity contribution in [3.63, 3.8) is 0 Å². The highest BCUT2D eigenvalue weighted by Gasteiger charge is 2.08. The summed E-state index contributed by atoms with van der Waals surface area (Å²) in [6.07, 6.45) is 2.88. The fourth-order valence-electron chi connectivity index (χ4n) is 2.22. The monoisotopic (exact) mass is 301 g/mol. The van der Waals surface area contributed by atoms with Crippen LogP contribution in [-0.4, -0.2) is 28.4 Å².